The molecule has 3 aromatic heterocycles. The molecule has 60 heavy (non-hydrogen) atoms. The van der Waals surface area contributed by atoms with Crippen molar-refractivity contribution in [1.29, 1.82) is 0 Å². The molecule has 0 spiro atoms. The van der Waals surface area contributed by atoms with Gasteiger partial charge in [-0.1, -0.05) is 170 Å². The Balaban J connectivity index is 1.19. The molecule has 0 amide bonds. The average Bonchev–Trinajstić information content (AvgIpc) is 3.91. The second kappa shape index (κ2) is 13.8. The van der Waals surface area contributed by atoms with Crippen LogP contribution < -0.4 is 0 Å². The van der Waals surface area contributed by atoms with Crippen LogP contribution in [0.25, 0.3) is 122 Å². The van der Waals surface area contributed by atoms with Crippen molar-refractivity contribution in [3.8, 4) is 67.5 Å². The van der Waals surface area contributed by atoms with E-state index in [1.165, 1.54) is 0 Å². The topological polar surface area (TPSA) is 65.0 Å². The SMILES string of the molecule is c1ccc(-c2cc(-c3nc(-c4ccccc4)nc(-c4cccc5c4oc4ccc6ccccc6c45)n3)c(-c3ccccc3)c(-c3cccc4c3oc3ccccc34)c2)cc1. The van der Waals surface area contributed by atoms with Crippen LogP contribution in [0.3, 0.4) is 0 Å². The van der Waals surface area contributed by atoms with Gasteiger partial charge in [0.15, 0.2) is 17.5 Å². The molecule has 0 aliphatic carbocycles. The van der Waals surface area contributed by atoms with Gasteiger partial charge in [-0.25, -0.2) is 15.0 Å². The van der Waals surface area contributed by atoms with Gasteiger partial charge in [-0.2, -0.15) is 0 Å². The first-order valence-electron chi connectivity index (χ1n) is 20.1. The minimum Gasteiger partial charge on any atom is -0.455 e. The molecule has 5 heteroatoms. The molecule has 0 unspecified atom stereocenters. The summed E-state index contributed by atoms with van der Waals surface area (Å²) in [5.74, 6) is 1.64. The molecule has 0 atom stereocenters. The maximum atomic E-state index is 6.74. The molecule has 0 aliphatic heterocycles. The lowest BCUT2D eigenvalue weighted by molar-refractivity contribution is 0.669. The number of rotatable bonds is 6. The molecule has 0 fully saturated rings. The van der Waals surface area contributed by atoms with Gasteiger partial charge in [0.2, 0.25) is 0 Å². The van der Waals surface area contributed by atoms with Gasteiger partial charge in [-0.3, -0.25) is 0 Å². The Morgan fingerprint density at radius 3 is 1.63 bits per heavy atom. The Morgan fingerprint density at radius 2 is 0.850 bits per heavy atom. The van der Waals surface area contributed by atoms with Crippen LogP contribution in [0.1, 0.15) is 0 Å². The van der Waals surface area contributed by atoms with Crippen LogP contribution in [0.15, 0.2) is 209 Å². The zero-order valence-corrected chi connectivity index (χ0v) is 32.2. The van der Waals surface area contributed by atoms with Crippen molar-refractivity contribution in [3.05, 3.63) is 200 Å². The molecule has 12 aromatic rings. The monoisotopic (exact) mass is 767 g/mol. The molecule has 3 heterocycles. The van der Waals surface area contributed by atoms with E-state index in [9.17, 15) is 0 Å². The highest BCUT2D eigenvalue weighted by atomic mass is 16.3. The van der Waals surface area contributed by atoms with Crippen molar-refractivity contribution >= 4 is 54.6 Å². The van der Waals surface area contributed by atoms with Crippen molar-refractivity contribution < 1.29 is 8.83 Å². The van der Waals surface area contributed by atoms with Crippen LogP contribution in [-0.2, 0) is 0 Å². The summed E-state index contributed by atoms with van der Waals surface area (Å²) < 4.78 is 13.5. The molecule has 12 rings (SSSR count). The fraction of sp³-hybridized carbons (Fsp3) is 0. The summed E-state index contributed by atoms with van der Waals surface area (Å²) in [6, 6.07) is 69.1. The highest BCUT2D eigenvalue weighted by molar-refractivity contribution is 6.20. The summed E-state index contributed by atoms with van der Waals surface area (Å²) in [5, 5.41) is 6.54. The van der Waals surface area contributed by atoms with Crippen molar-refractivity contribution in [2.45, 2.75) is 0 Å². The Kier molecular flexibility index (Phi) is 7.78. The van der Waals surface area contributed by atoms with Gasteiger partial charge in [0.1, 0.15) is 22.3 Å². The van der Waals surface area contributed by atoms with E-state index in [1.807, 2.05) is 60.7 Å². The van der Waals surface area contributed by atoms with E-state index >= 15 is 0 Å². The molecule has 0 saturated heterocycles. The smallest absolute Gasteiger partial charge is 0.167 e. The normalized spacial score (nSPS) is 11.7. The molecule has 0 radical (unpaired) electrons. The Bertz CT molecular complexity index is 3590. The lowest BCUT2D eigenvalue weighted by atomic mass is 9.86. The maximum absolute atomic E-state index is 6.74. The second-order valence-corrected chi connectivity index (χ2v) is 15.1. The molecule has 280 valence electrons. The third-order valence-corrected chi connectivity index (χ3v) is 11.5. The van der Waals surface area contributed by atoms with E-state index in [4.69, 9.17) is 23.8 Å². The molecular formula is C55H33N3O2. The lowest BCUT2D eigenvalue weighted by Crippen LogP contribution is -2.02. The number of para-hydroxylation sites is 3. The summed E-state index contributed by atoms with van der Waals surface area (Å²) >= 11 is 0. The van der Waals surface area contributed by atoms with E-state index < -0.39 is 0 Å². The first-order chi connectivity index (χ1) is 29.7. The van der Waals surface area contributed by atoms with Crippen molar-refractivity contribution in [2.75, 3.05) is 0 Å². The van der Waals surface area contributed by atoms with Crippen molar-refractivity contribution in [1.82, 2.24) is 15.0 Å². The highest BCUT2D eigenvalue weighted by Gasteiger charge is 2.24. The first-order valence-corrected chi connectivity index (χ1v) is 20.1. The first kappa shape index (κ1) is 33.9. The van der Waals surface area contributed by atoms with Gasteiger partial charge in [0.05, 0.1) is 5.56 Å². The van der Waals surface area contributed by atoms with Crippen LogP contribution in [0.4, 0.5) is 0 Å². The van der Waals surface area contributed by atoms with Crippen molar-refractivity contribution in [3.63, 3.8) is 0 Å². The van der Waals surface area contributed by atoms with E-state index in [2.05, 4.69) is 140 Å². The Labute approximate surface area is 344 Å². The zero-order valence-electron chi connectivity index (χ0n) is 32.2. The average molecular weight is 768 g/mol. The summed E-state index contributed by atoms with van der Waals surface area (Å²) in [6.45, 7) is 0. The molecule has 9 aromatic carbocycles. The van der Waals surface area contributed by atoms with Gasteiger partial charge >= 0.3 is 0 Å². The number of hydrogen-bond acceptors (Lipinski definition) is 5. The van der Waals surface area contributed by atoms with E-state index in [1.54, 1.807) is 0 Å². The van der Waals surface area contributed by atoms with E-state index in [-0.39, 0.29) is 0 Å². The van der Waals surface area contributed by atoms with Crippen LogP contribution in [0.5, 0.6) is 0 Å². The Morgan fingerprint density at radius 1 is 0.300 bits per heavy atom. The van der Waals surface area contributed by atoms with Gasteiger partial charge in [0, 0.05) is 43.8 Å². The number of benzene rings is 9. The summed E-state index contributed by atoms with van der Waals surface area (Å²) in [5.41, 5.74) is 11.9. The molecule has 0 aliphatic rings. The van der Waals surface area contributed by atoms with Crippen LogP contribution in [0, 0.1) is 0 Å². The van der Waals surface area contributed by atoms with Gasteiger partial charge < -0.3 is 8.83 Å². The molecule has 5 nitrogen and oxygen atoms in total. The Hall–Kier alpha value is -8.15. The van der Waals surface area contributed by atoms with E-state index in [0.717, 1.165) is 105 Å². The number of aromatic nitrogens is 3. The van der Waals surface area contributed by atoms with E-state index in [0.29, 0.717) is 17.5 Å². The molecular weight excluding hydrogens is 735 g/mol. The number of hydrogen-bond donors (Lipinski definition) is 0. The largest absolute Gasteiger partial charge is 0.455 e. The molecule has 0 N–H and O–H groups in total. The minimum absolute atomic E-state index is 0.526. The summed E-state index contributed by atoms with van der Waals surface area (Å²) in [6.07, 6.45) is 0. The quantitative estimate of drug-likeness (QED) is 0.169. The predicted octanol–water partition coefficient (Wildman–Crippen LogP) is 14.8. The van der Waals surface area contributed by atoms with Crippen LogP contribution >= 0.6 is 0 Å². The fourth-order valence-corrected chi connectivity index (χ4v) is 8.78. The number of furan rings is 2. The van der Waals surface area contributed by atoms with Crippen molar-refractivity contribution in [2.24, 2.45) is 0 Å². The van der Waals surface area contributed by atoms with Crippen LogP contribution in [-0.4, -0.2) is 15.0 Å². The molecule has 0 saturated carbocycles. The third kappa shape index (κ3) is 5.52. The van der Waals surface area contributed by atoms with Gasteiger partial charge in [-0.05, 0) is 63.4 Å². The van der Waals surface area contributed by atoms with Gasteiger partial charge in [0.25, 0.3) is 0 Å². The van der Waals surface area contributed by atoms with Crippen LogP contribution in [0.2, 0.25) is 0 Å². The second-order valence-electron chi connectivity index (χ2n) is 15.1. The minimum atomic E-state index is 0.526. The standard InChI is InChI=1S/C55H33N3O2/c1-4-16-34(17-5-1)38-32-45(42-26-14-25-41-40-24-12-13-29-47(40)59-51(41)42)49(36-19-6-2-7-20-36)46(33-38)55-57-53(37-21-8-3-9-22-37)56-54(58-55)44-28-15-27-43-50-39-23-11-10-18-35(39)30-31-48(50)60-52(43)44/h1-33H. The maximum Gasteiger partial charge on any atom is 0.167 e. The third-order valence-electron chi connectivity index (χ3n) is 11.5. The molecule has 0 bridgehead atoms. The fourth-order valence-electron chi connectivity index (χ4n) is 8.78. The number of fused-ring (bicyclic) bond motifs is 8. The number of nitrogens with zero attached hydrogens (tertiary/aromatic N) is 3. The lowest BCUT2D eigenvalue weighted by Gasteiger charge is -2.19. The summed E-state index contributed by atoms with van der Waals surface area (Å²) in [7, 11) is 0. The highest BCUT2D eigenvalue weighted by Crippen LogP contribution is 2.46. The zero-order chi connectivity index (χ0) is 39.6. The van der Waals surface area contributed by atoms with Gasteiger partial charge in [-0.15, -0.1) is 0 Å². The predicted molar refractivity (Wildman–Crippen MR) is 245 cm³/mol. The summed E-state index contributed by atoms with van der Waals surface area (Å²) in [4.78, 5) is 16.0.